The fourth-order valence-corrected chi connectivity index (χ4v) is 17.8. The van der Waals surface area contributed by atoms with Crippen molar-refractivity contribution in [2.45, 2.75) is 112 Å². The first-order valence-electron chi connectivity index (χ1n) is 10.3. The Kier molecular flexibility index (Phi) is 17.3. The van der Waals surface area contributed by atoms with Gasteiger partial charge in [0.15, 0.2) is 16.6 Å². The van der Waals surface area contributed by atoms with Gasteiger partial charge in [-0.3, -0.25) is 0 Å². The zero-order valence-electron chi connectivity index (χ0n) is 19.0. The van der Waals surface area contributed by atoms with E-state index in [0.717, 1.165) is 0 Å². The van der Waals surface area contributed by atoms with E-state index in [0.29, 0.717) is 0 Å². The van der Waals surface area contributed by atoms with Crippen LogP contribution in [0, 0.1) is 0 Å². The van der Waals surface area contributed by atoms with E-state index in [4.69, 9.17) is 8.43 Å². The molecule has 0 aromatic carbocycles. The van der Waals surface area contributed by atoms with Gasteiger partial charge < -0.3 is 13.3 Å². The molecule has 0 aromatic rings. The number of unbranched alkanes of at least 4 members (excludes halogenated alkanes) is 3. The van der Waals surface area contributed by atoms with Crippen molar-refractivity contribution in [1.82, 2.24) is 0 Å². The average Bonchev–Trinajstić information content (AvgIpc) is 2.42. The Morgan fingerprint density at radius 2 is 1.00 bits per heavy atom. The molecule has 0 atom stereocenters. The molecule has 4 nitrogen and oxygen atoms in total. The molecule has 0 heterocycles. The van der Waals surface area contributed by atoms with Crippen molar-refractivity contribution in [1.29, 1.82) is 0 Å². The van der Waals surface area contributed by atoms with Crippen LogP contribution in [0.5, 0.6) is 0 Å². The summed E-state index contributed by atoms with van der Waals surface area (Å²) >= 11 is -0.839. The number of hydrogen-bond donors (Lipinski definition) is 1. The molecule has 0 fully saturated rings. The summed E-state index contributed by atoms with van der Waals surface area (Å²) in [7, 11) is -7.83. The van der Waals surface area contributed by atoms with Gasteiger partial charge in [-0.2, -0.15) is 0 Å². The van der Waals surface area contributed by atoms with Crippen molar-refractivity contribution in [3.8, 4) is 0 Å². The third kappa shape index (κ3) is 23.4. The summed E-state index contributed by atoms with van der Waals surface area (Å²) in [4.78, 5) is 9.37. The SMILES string of the molecule is CCC[CH2][Sn]([CH2]CCC)[CH2]CCC.C[Si](C)(C)OP(=O)(O)O[Si](C)(C)C. The first-order valence-corrected chi connectivity index (χ1v) is 24.7. The molecule has 1 N–H and O–H groups in total. The van der Waals surface area contributed by atoms with Crippen molar-refractivity contribution < 1.29 is 17.9 Å². The Bertz CT molecular complexity index is 345. The fraction of sp³-hybridized carbons (Fsp3) is 1.00. The van der Waals surface area contributed by atoms with E-state index >= 15 is 0 Å². The summed E-state index contributed by atoms with van der Waals surface area (Å²) in [6.45, 7) is 18.1. The molecule has 26 heavy (non-hydrogen) atoms. The van der Waals surface area contributed by atoms with Crippen LogP contribution in [0.3, 0.4) is 0 Å². The third-order valence-corrected chi connectivity index (χ3v) is 18.7. The Morgan fingerprint density at radius 1 is 0.731 bits per heavy atom. The van der Waals surface area contributed by atoms with Gasteiger partial charge in [-0.1, -0.05) is 0 Å². The Balaban J connectivity index is 0. The second-order valence-electron chi connectivity index (χ2n) is 8.94. The van der Waals surface area contributed by atoms with Crippen LogP contribution in [0.2, 0.25) is 52.6 Å². The number of rotatable bonds is 13. The summed E-state index contributed by atoms with van der Waals surface area (Å²) in [5.41, 5.74) is 0. The van der Waals surface area contributed by atoms with Crippen LogP contribution in [0.15, 0.2) is 0 Å². The molecule has 0 amide bonds. The molecule has 0 rings (SSSR count). The van der Waals surface area contributed by atoms with E-state index < -0.39 is 44.2 Å². The Hall–Kier alpha value is 1.34. The molecular formula is C18H46O4PSi2Sn. The molecule has 0 aliphatic heterocycles. The number of hydrogen-bond acceptors (Lipinski definition) is 3. The van der Waals surface area contributed by atoms with E-state index in [-0.39, 0.29) is 0 Å². The van der Waals surface area contributed by atoms with E-state index in [1.165, 1.54) is 38.5 Å². The van der Waals surface area contributed by atoms with Gasteiger partial charge in [0, 0.05) is 0 Å². The normalized spacial score (nSPS) is 12.9. The van der Waals surface area contributed by atoms with Gasteiger partial charge in [0.2, 0.25) is 0 Å². The monoisotopic (exact) mass is 533 g/mol. The minimum Gasteiger partial charge on any atom is -0.331 e. The second-order valence-corrected chi connectivity index (χ2v) is 28.3. The maximum atomic E-state index is 11.4. The summed E-state index contributed by atoms with van der Waals surface area (Å²) in [5.74, 6) is 0. The van der Waals surface area contributed by atoms with Gasteiger partial charge >= 0.3 is 100 Å². The summed E-state index contributed by atoms with van der Waals surface area (Å²) < 4.78 is 26.6. The van der Waals surface area contributed by atoms with Gasteiger partial charge in [0.1, 0.15) is 0 Å². The molecule has 0 aromatic heterocycles. The van der Waals surface area contributed by atoms with Crippen LogP contribution in [-0.4, -0.2) is 41.3 Å². The Morgan fingerprint density at radius 3 is 1.19 bits per heavy atom. The molecule has 0 unspecified atom stereocenters. The van der Waals surface area contributed by atoms with Crippen molar-refractivity contribution in [3.05, 3.63) is 0 Å². The summed E-state index contributed by atoms with van der Waals surface area (Å²) in [5, 5.41) is 0. The van der Waals surface area contributed by atoms with Gasteiger partial charge in [-0.05, 0) is 39.3 Å². The molecule has 1 radical (unpaired) electrons. The van der Waals surface area contributed by atoms with Crippen LogP contribution in [0.1, 0.15) is 59.3 Å². The van der Waals surface area contributed by atoms with Crippen LogP contribution in [-0.2, 0) is 13.0 Å². The predicted molar refractivity (Wildman–Crippen MR) is 124 cm³/mol. The van der Waals surface area contributed by atoms with Crippen molar-refractivity contribution in [2.75, 3.05) is 0 Å². The van der Waals surface area contributed by atoms with Crippen molar-refractivity contribution >= 4 is 44.2 Å². The summed E-state index contributed by atoms with van der Waals surface area (Å²) in [6, 6.07) is 0. The smallest absolute Gasteiger partial charge is 0.331 e. The van der Waals surface area contributed by atoms with Gasteiger partial charge in [-0.15, -0.1) is 0 Å². The van der Waals surface area contributed by atoms with Crippen LogP contribution < -0.4 is 0 Å². The quantitative estimate of drug-likeness (QED) is 0.195. The maximum absolute atomic E-state index is 11.4. The third-order valence-electron chi connectivity index (χ3n) is 3.43. The van der Waals surface area contributed by atoms with Gasteiger partial charge in [0.25, 0.3) is 0 Å². The van der Waals surface area contributed by atoms with E-state index in [1.807, 2.05) is 39.3 Å². The van der Waals surface area contributed by atoms with Gasteiger partial charge in [-0.25, -0.2) is 4.57 Å². The van der Waals surface area contributed by atoms with E-state index in [9.17, 15) is 9.46 Å². The first-order chi connectivity index (χ1) is 11.8. The van der Waals surface area contributed by atoms with Crippen LogP contribution in [0.4, 0.5) is 0 Å². The molecule has 0 saturated heterocycles. The number of phosphoric acid groups is 1. The molecular weight excluding hydrogens is 486 g/mol. The summed E-state index contributed by atoms with van der Waals surface area (Å²) in [6.07, 6.45) is 8.85. The fourth-order valence-electron chi connectivity index (χ4n) is 2.37. The standard InChI is InChI=1S/C6H19O4PSi2.3C4H9.Sn/c1-12(2,3)9-11(7,8)10-13(4,5)6;3*1-3-4-2;/h1-6H3,(H,7,8);3*1,3-4H2,2H3;. The molecule has 0 spiro atoms. The molecule has 159 valence electrons. The molecule has 0 aliphatic carbocycles. The van der Waals surface area contributed by atoms with Crippen molar-refractivity contribution in [3.63, 3.8) is 0 Å². The molecule has 0 saturated carbocycles. The zero-order valence-corrected chi connectivity index (χ0v) is 24.7. The largest absolute Gasteiger partial charge is 0.452 e. The second kappa shape index (κ2) is 15.2. The predicted octanol–water partition coefficient (Wildman–Crippen LogP) is 7.67. The van der Waals surface area contributed by atoms with Gasteiger partial charge in [0.05, 0.1) is 0 Å². The van der Waals surface area contributed by atoms with E-state index in [2.05, 4.69) is 20.8 Å². The van der Waals surface area contributed by atoms with E-state index in [1.54, 1.807) is 13.3 Å². The molecule has 0 aliphatic rings. The minimum atomic E-state index is -3.81. The minimum absolute atomic E-state index is 0.839. The average molecular weight is 532 g/mol. The molecule has 8 heteroatoms. The topological polar surface area (TPSA) is 55.8 Å². The van der Waals surface area contributed by atoms with Crippen LogP contribution in [0.25, 0.3) is 0 Å². The maximum Gasteiger partial charge on any atom is 0.452 e. The molecule has 0 bridgehead atoms. The zero-order chi connectivity index (χ0) is 20.9. The van der Waals surface area contributed by atoms with Crippen molar-refractivity contribution in [2.24, 2.45) is 0 Å². The Labute approximate surface area is 173 Å². The van der Waals surface area contributed by atoms with Crippen LogP contribution >= 0.6 is 7.82 Å². The first kappa shape index (κ1) is 29.5.